The van der Waals surface area contributed by atoms with Crippen LogP contribution >= 0.6 is 0 Å². The van der Waals surface area contributed by atoms with Crippen molar-refractivity contribution < 1.29 is 9.53 Å². The summed E-state index contributed by atoms with van der Waals surface area (Å²) in [4.78, 5) is 14.2. The highest BCUT2D eigenvalue weighted by atomic mass is 16.6. The van der Waals surface area contributed by atoms with E-state index in [0.29, 0.717) is 6.54 Å². The van der Waals surface area contributed by atoms with Gasteiger partial charge in [-0.05, 0) is 51.3 Å². The third-order valence-corrected chi connectivity index (χ3v) is 3.71. The lowest BCUT2D eigenvalue weighted by Gasteiger charge is -2.26. The van der Waals surface area contributed by atoms with Crippen molar-refractivity contribution in [3.63, 3.8) is 0 Å². The molecule has 0 spiro atoms. The van der Waals surface area contributed by atoms with Gasteiger partial charge in [0.2, 0.25) is 0 Å². The lowest BCUT2D eigenvalue weighted by Crippen LogP contribution is -2.36. The fraction of sp³-hybridized carbons (Fsp3) is 0.611. The predicted molar refractivity (Wildman–Crippen MR) is 90.3 cm³/mol. The van der Waals surface area contributed by atoms with Crippen molar-refractivity contribution in [3.05, 3.63) is 29.3 Å². The van der Waals surface area contributed by atoms with Crippen LogP contribution in [0.2, 0.25) is 0 Å². The molecule has 0 atom stereocenters. The predicted octanol–water partition coefficient (Wildman–Crippen LogP) is 3.87. The maximum absolute atomic E-state index is 12.4. The lowest BCUT2D eigenvalue weighted by molar-refractivity contribution is 0.0583. The topological polar surface area (TPSA) is 41.6 Å². The van der Waals surface area contributed by atoms with E-state index in [-0.39, 0.29) is 6.09 Å². The third-order valence-electron chi connectivity index (χ3n) is 3.71. The number of fused-ring (bicyclic) bond motifs is 1. The molecule has 1 aromatic rings. The second kappa shape index (κ2) is 7.14. The Morgan fingerprint density at radius 2 is 2.14 bits per heavy atom. The average molecular weight is 304 g/mol. The molecule has 0 unspecified atom stereocenters. The molecule has 0 fully saturated rings. The Morgan fingerprint density at radius 3 is 2.82 bits per heavy atom. The highest BCUT2D eigenvalue weighted by Crippen LogP contribution is 2.33. The summed E-state index contributed by atoms with van der Waals surface area (Å²) in [5.74, 6) is 0. The molecule has 1 amide bonds. The van der Waals surface area contributed by atoms with Crippen LogP contribution in [0, 0.1) is 0 Å². The van der Waals surface area contributed by atoms with Gasteiger partial charge < -0.3 is 10.1 Å². The number of para-hydroxylation sites is 1. The summed E-state index contributed by atoms with van der Waals surface area (Å²) < 4.78 is 5.54. The average Bonchev–Trinajstić information content (AvgIpc) is 2.86. The van der Waals surface area contributed by atoms with Crippen molar-refractivity contribution in [2.45, 2.75) is 59.1 Å². The Labute approximate surface area is 133 Å². The van der Waals surface area contributed by atoms with Crippen LogP contribution in [0.3, 0.4) is 0 Å². The number of anilines is 1. The fourth-order valence-electron chi connectivity index (χ4n) is 2.70. The summed E-state index contributed by atoms with van der Waals surface area (Å²) in [6.45, 7) is 10.4. The van der Waals surface area contributed by atoms with E-state index in [1.165, 1.54) is 24.0 Å². The van der Waals surface area contributed by atoms with Crippen molar-refractivity contribution in [1.29, 1.82) is 0 Å². The lowest BCUT2D eigenvalue weighted by atomic mass is 10.1. The van der Waals surface area contributed by atoms with Gasteiger partial charge in [-0.1, -0.05) is 31.5 Å². The highest BCUT2D eigenvalue weighted by molar-refractivity contribution is 5.91. The Hall–Kier alpha value is -1.55. The first-order chi connectivity index (χ1) is 10.4. The van der Waals surface area contributed by atoms with Crippen molar-refractivity contribution in [2.24, 2.45) is 0 Å². The van der Waals surface area contributed by atoms with Gasteiger partial charge in [-0.25, -0.2) is 4.79 Å². The smallest absolute Gasteiger partial charge is 0.414 e. The highest BCUT2D eigenvalue weighted by Gasteiger charge is 2.30. The molecule has 1 aromatic carbocycles. The fourth-order valence-corrected chi connectivity index (χ4v) is 2.70. The molecule has 0 saturated heterocycles. The molecule has 1 aliphatic rings. The molecule has 2 rings (SSSR count). The molecule has 1 heterocycles. The van der Waals surface area contributed by atoms with Gasteiger partial charge in [0.15, 0.2) is 0 Å². The maximum atomic E-state index is 12.4. The number of hydrogen-bond donors (Lipinski definition) is 1. The number of rotatable bonds is 5. The molecule has 0 radical (unpaired) electrons. The molecule has 1 aliphatic heterocycles. The molecule has 0 bridgehead atoms. The summed E-state index contributed by atoms with van der Waals surface area (Å²) >= 11 is 0. The molecule has 4 nitrogen and oxygen atoms in total. The second-order valence-corrected chi connectivity index (χ2v) is 6.84. The van der Waals surface area contributed by atoms with E-state index in [9.17, 15) is 4.79 Å². The number of unbranched alkanes of at least 4 members (excludes halogenated alkanes) is 1. The first-order valence-corrected chi connectivity index (χ1v) is 8.24. The van der Waals surface area contributed by atoms with E-state index in [1.54, 1.807) is 4.90 Å². The van der Waals surface area contributed by atoms with Crippen molar-refractivity contribution >= 4 is 11.8 Å². The first kappa shape index (κ1) is 16.8. The molecule has 0 aliphatic carbocycles. The van der Waals surface area contributed by atoms with E-state index >= 15 is 0 Å². The van der Waals surface area contributed by atoms with Crippen LogP contribution in [0.4, 0.5) is 10.5 Å². The number of amides is 1. The van der Waals surface area contributed by atoms with E-state index < -0.39 is 5.60 Å². The zero-order valence-corrected chi connectivity index (χ0v) is 14.2. The van der Waals surface area contributed by atoms with Gasteiger partial charge in [-0.15, -0.1) is 0 Å². The summed E-state index contributed by atoms with van der Waals surface area (Å²) in [6, 6.07) is 6.28. The van der Waals surface area contributed by atoms with Gasteiger partial charge in [-0.3, -0.25) is 4.90 Å². The molecular formula is C18H28N2O2. The molecule has 22 heavy (non-hydrogen) atoms. The van der Waals surface area contributed by atoms with Crippen molar-refractivity contribution in [1.82, 2.24) is 5.32 Å². The minimum absolute atomic E-state index is 0.243. The van der Waals surface area contributed by atoms with E-state index in [0.717, 1.165) is 25.2 Å². The summed E-state index contributed by atoms with van der Waals surface area (Å²) in [5.41, 5.74) is 2.99. The SMILES string of the molecule is CCCCNCc1cccc2c1N(C(=O)OC(C)(C)C)CC2. The molecule has 0 saturated carbocycles. The Kier molecular flexibility index (Phi) is 5.46. The quantitative estimate of drug-likeness (QED) is 0.840. The monoisotopic (exact) mass is 304 g/mol. The first-order valence-electron chi connectivity index (χ1n) is 8.24. The summed E-state index contributed by atoms with van der Waals surface area (Å²) in [7, 11) is 0. The van der Waals surface area contributed by atoms with Gasteiger partial charge in [0, 0.05) is 13.1 Å². The molecular weight excluding hydrogens is 276 g/mol. The largest absolute Gasteiger partial charge is 0.443 e. The number of nitrogens with one attached hydrogen (secondary N) is 1. The molecule has 122 valence electrons. The Bertz CT molecular complexity index is 520. The van der Waals surface area contributed by atoms with Gasteiger partial charge in [0.25, 0.3) is 0 Å². The van der Waals surface area contributed by atoms with Gasteiger partial charge in [-0.2, -0.15) is 0 Å². The van der Waals surface area contributed by atoms with Crippen molar-refractivity contribution in [3.8, 4) is 0 Å². The van der Waals surface area contributed by atoms with E-state index in [2.05, 4.69) is 30.4 Å². The third kappa shape index (κ3) is 4.23. The number of nitrogens with zero attached hydrogens (tertiary/aromatic N) is 1. The second-order valence-electron chi connectivity index (χ2n) is 6.84. The van der Waals surface area contributed by atoms with Crippen LogP contribution in [-0.4, -0.2) is 24.8 Å². The van der Waals surface area contributed by atoms with Gasteiger partial charge >= 0.3 is 6.09 Å². The van der Waals surface area contributed by atoms with Crippen LogP contribution < -0.4 is 10.2 Å². The maximum Gasteiger partial charge on any atom is 0.414 e. The van der Waals surface area contributed by atoms with Crippen LogP contribution in [-0.2, 0) is 17.7 Å². The van der Waals surface area contributed by atoms with E-state index in [4.69, 9.17) is 4.74 Å². The van der Waals surface area contributed by atoms with Crippen LogP contribution in [0.15, 0.2) is 18.2 Å². The van der Waals surface area contributed by atoms with Crippen molar-refractivity contribution in [2.75, 3.05) is 18.0 Å². The minimum Gasteiger partial charge on any atom is -0.443 e. The number of hydrogen-bond acceptors (Lipinski definition) is 3. The minimum atomic E-state index is -0.464. The van der Waals surface area contributed by atoms with Gasteiger partial charge in [0.1, 0.15) is 5.60 Å². The zero-order chi connectivity index (χ0) is 16.2. The number of benzene rings is 1. The number of carbonyl (C=O) groups is 1. The zero-order valence-electron chi connectivity index (χ0n) is 14.2. The number of ether oxygens (including phenoxy) is 1. The standard InChI is InChI=1S/C18H28N2O2/c1-5-6-11-19-13-15-9-7-8-14-10-12-20(16(14)15)17(21)22-18(2,3)4/h7-9,19H,5-6,10-13H2,1-4H3. The van der Waals surface area contributed by atoms with Crippen LogP contribution in [0.1, 0.15) is 51.7 Å². The summed E-state index contributed by atoms with van der Waals surface area (Å²) in [6.07, 6.45) is 3.01. The van der Waals surface area contributed by atoms with E-state index in [1.807, 2.05) is 20.8 Å². The van der Waals surface area contributed by atoms with Gasteiger partial charge in [0.05, 0.1) is 5.69 Å². The Morgan fingerprint density at radius 1 is 1.36 bits per heavy atom. The normalized spacial score (nSPS) is 14.1. The van der Waals surface area contributed by atoms with Crippen LogP contribution in [0.5, 0.6) is 0 Å². The summed E-state index contributed by atoms with van der Waals surface area (Å²) in [5, 5.41) is 3.46. The number of carbonyl (C=O) groups excluding carboxylic acids is 1. The molecule has 4 heteroatoms. The molecule has 0 aromatic heterocycles. The van der Waals surface area contributed by atoms with Crippen LogP contribution in [0.25, 0.3) is 0 Å². The molecule has 1 N–H and O–H groups in total. The Balaban J connectivity index is 2.12.